The highest BCUT2D eigenvalue weighted by Gasteiger charge is 2.13. The third kappa shape index (κ3) is 4.33. The summed E-state index contributed by atoms with van der Waals surface area (Å²) in [5, 5.41) is 4.33. The van der Waals surface area contributed by atoms with E-state index in [2.05, 4.69) is 36.1 Å². The molecule has 0 saturated heterocycles. The molecule has 86 valence electrons. The molecule has 1 rings (SSSR count). The lowest BCUT2D eigenvalue weighted by Crippen LogP contribution is -2.38. The number of rotatable bonds is 7. The summed E-state index contributed by atoms with van der Waals surface area (Å²) in [7, 11) is 0. The van der Waals surface area contributed by atoms with Crippen LogP contribution in [0.3, 0.4) is 0 Å². The molecule has 1 heterocycles. The Kier molecular flexibility index (Phi) is 5.91. The van der Waals surface area contributed by atoms with Crippen molar-refractivity contribution in [3.05, 3.63) is 22.4 Å². The number of hydrogen-bond donors (Lipinski definition) is 2. The van der Waals surface area contributed by atoms with Gasteiger partial charge in [-0.05, 0) is 41.1 Å². The molecule has 2 nitrogen and oxygen atoms in total. The van der Waals surface area contributed by atoms with Gasteiger partial charge in [-0.25, -0.2) is 0 Å². The van der Waals surface area contributed by atoms with E-state index < -0.39 is 0 Å². The Morgan fingerprint density at radius 3 is 2.60 bits per heavy atom. The zero-order valence-electron chi connectivity index (χ0n) is 9.70. The second-order valence-corrected chi connectivity index (χ2v) is 4.90. The predicted molar refractivity (Wildman–Crippen MR) is 67.8 cm³/mol. The van der Waals surface area contributed by atoms with Crippen LogP contribution in [0.25, 0.3) is 0 Å². The number of nitrogens with two attached hydrogens (primary N) is 1. The first kappa shape index (κ1) is 12.7. The summed E-state index contributed by atoms with van der Waals surface area (Å²) in [6, 6.07) is 2.60. The van der Waals surface area contributed by atoms with E-state index in [4.69, 9.17) is 5.84 Å². The van der Waals surface area contributed by atoms with E-state index in [0.717, 1.165) is 12.3 Å². The predicted octanol–water partition coefficient (Wildman–Crippen LogP) is 2.95. The quantitative estimate of drug-likeness (QED) is 0.554. The summed E-state index contributed by atoms with van der Waals surface area (Å²) in [5.74, 6) is 6.40. The van der Waals surface area contributed by atoms with Gasteiger partial charge in [-0.15, -0.1) is 0 Å². The van der Waals surface area contributed by atoms with Crippen LogP contribution in [0.5, 0.6) is 0 Å². The zero-order valence-corrected chi connectivity index (χ0v) is 10.5. The lowest BCUT2D eigenvalue weighted by molar-refractivity contribution is 0.367. The molecule has 0 radical (unpaired) electrons. The van der Waals surface area contributed by atoms with Crippen LogP contribution in [0.1, 0.15) is 38.7 Å². The van der Waals surface area contributed by atoms with Gasteiger partial charge < -0.3 is 0 Å². The molecule has 0 saturated carbocycles. The third-order valence-electron chi connectivity index (χ3n) is 3.07. The Bertz CT molecular complexity index is 242. The monoisotopic (exact) mass is 226 g/mol. The molecule has 0 aliphatic carbocycles. The van der Waals surface area contributed by atoms with Gasteiger partial charge in [0.15, 0.2) is 0 Å². The standard InChI is InChI=1S/C12H22N2S/c1-3-10(4-2)7-12(14-13)8-11-5-6-15-9-11/h5-6,9-10,12,14H,3-4,7-8,13H2,1-2H3. The summed E-state index contributed by atoms with van der Waals surface area (Å²) in [4.78, 5) is 0. The molecule has 0 spiro atoms. The van der Waals surface area contributed by atoms with E-state index in [1.807, 2.05) is 0 Å². The fraction of sp³-hybridized carbons (Fsp3) is 0.667. The molecule has 3 N–H and O–H groups in total. The van der Waals surface area contributed by atoms with E-state index >= 15 is 0 Å². The molecule has 0 fully saturated rings. The zero-order chi connectivity index (χ0) is 11.1. The normalized spacial score (nSPS) is 13.3. The Hall–Kier alpha value is -0.380. The minimum Gasteiger partial charge on any atom is -0.271 e. The summed E-state index contributed by atoms with van der Waals surface area (Å²) in [5.41, 5.74) is 4.34. The first-order valence-corrected chi connectivity index (χ1v) is 6.71. The fourth-order valence-electron chi connectivity index (χ4n) is 1.93. The van der Waals surface area contributed by atoms with Crippen LogP contribution in [0, 0.1) is 5.92 Å². The molecule has 1 aromatic heterocycles. The van der Waals surface area contributed by atoms with Gasteiger partial charge in [0.1, 0.15) is 0 Å². The highest BCUT2D eigenvalue weighted by molar-refractivity contribution is 7.07. The maximum atomic E-state index is 5.60. The van der Waals surface area contributed by atoms with Crippen molar-refractivity contribution in [1.29, 1.82) is 0 Å². The van der Waals surface area contributed by atoms with Crippen LogP contribution in [0.2, 0.25) is 0 Å². The van der Waals surface area contributed by atoms with Gasteiger partial charge in [-0.2, -0.15) is 11.3 Å². The van der Waals surface area contributed by atoms with Crippen molar-refractivity contribution in [2.24, 2.45) is 11.8 Å². The fourth-order valence-corrected chi connectivity index (χ4v) is 2.61. The number of hydrazine groups is 1. The highest BCUT2D eigenvalue weighted by Crippen LogP contribution is 2.18. The third-order valence-corrected chi connectivity index (χ3v) is 3.80. The molecule has 1 aromatic rings. The van der Waals surface area contributed by atoms with Crippen LogP contribution in [0.15, 0.2) is 16.8 Å². The van der Waals surface area contributed by atoms with Crippen molar-refractivity contribution in [3.8, 4) is 0 Å². The van der Waals surface area contributed by atoms with E-state index in [0.29, 0.717) is 6.04 Å². The Labute approximate surface area is 96.9 Å². The van der Waals surface area contributed by atoms with Gasteiger partial charge in [-0.1, -0.05) is 26.7 Å². The molecule has 0 aromatic carbocycles. The molecular weight excluding hydrogens is 204 g/mol. The Balaban J connectivity index is 2.42. The van der Waals surface area contributed by atoms with E-state index in [-0.39, 0.29) is 0 Å². The number of hydrogen-bond acceptors (Lipinski definition) is 3. The van der Waals surface area contributed by atoms with E-state index in [1.165, 1.54) is 24.8 Å². The summed E-state index contributed by atoms with van der Waals surface area (Å²) >= 11 is 1.75. The van der Waals surface area contributed by atoms with Crippen LogP contribution in [-0.2, 0) is 6.42 Å². The van der Waals surface area contributed by atoms with E-state index in [9.17, 15) is 0 Å². The van der Waals surface area contributed by atoms with Crippen molar-refractivity contribution in [2.75, 3.05) is 0 Å². The summed E-state index contributed by atoms with van der Waals surface area (Å²) in [6.45, 7) is 4.51. The van der Waals surface area contributed by atoms with Gasteiger partial charge in [0.25, 0.3) is 0 Å². The average molecular weight is 226 g/mol. The van der Waals surface area contributed by atoms with Gasteiger partial charge >= 0.3 is 0 Å². The molecule has 3 heteroatoms. The van der Waals surface area contributed by atoms with Crippen molar-refractivity contribution in [1.82, 2.24) is 5.43 Å². The number of nitrogens with one attached hydrogen (secondary N) is 1. The maximum Gasteiger partial charge on any atom is 0.0253 e. The van der Waals surface area contributed by atoms with Gasteiger partial charge in [0.2, 0.25) is 0 Å². The van der Waals surface area contributed by atoms with Gasteiger partial charge in [-0.3, -0.25) is 11.3 Å². The molecule has 1 atom stereocenters. The molecule has 0 aliphatic rings. The topological polar surface area (TPSA) is 38.0 Å². The SMILES string of the molecule is CCC(CC)CC(Cc1ccsc1)NN. The Morgan fingerprint density at radius 1 is 1.40 bits per heavy atom. The smallest absolute Gasteiger partial charge is 0.0253 e. The van der Waals surface area contributed by atoms with Gasteiger partial charge in [0.05, 0.1) is 0 Å². The van der Waals surface area contributed by atoms with Crippen LogP contribution in [0.4, 0.5) is 0 Å². The highest BCUT2D eigenvalue weighted by atomic mass is 32.1. The number of thiophene rings is 1. The first-order valence-electron chi connectivity index (χ1n) is 5.77. The average Bonchev–Trinajstić information content (AvgIpc) is 2.76. The van der Waals surface area contributed by atoms with Gasteiger partial charge in [0, 0.05) is 6.04 Å². The van der Waals surface area contributed by atoms with E-state index in [1.54, 1.807) is 11.3 Å². The van der Waals surface area contributed by atoms with Crippen LogP contribution in [-0.4, -0.2) is 6.04 Å². The summed E-state index contributed by atoms with van der Waals surface area (Å²) in [6.07, 6.45) is 4.73. The first-order chi connectivity index (χ1) is 7.30. The second-order valence-electron chi connectivity index (χ2n) is 4.12. The van der Waals surface area contributed by atoms with Crippen molar-refractivity contribution < 1.29 is 0 Å². The lowest BCUT2D eigenvalue weighted by Gasteiger charge is -2.20. The minimum absolute atomic E-state index is 0.421. The molecule has 0 amide bonds. The molecule has 0 aliphatic heterocycles. The lowest BCUT2D eigenvalue weighted by atomic mass is 9.92. The molecular formula is C12H22N2S. The molecule has 0 bridgehead atoms. The minimum atomic E-state index is 0.421. The summed E-state index contributed by atoms with van der Waals surface area (Å²) < 4.78 is 0. The van der Waals surface area contributed by atoms with Crippen LogP contribution >= 0.6 is 11.3 Å². The van der Waals surface area contributed by atoms with Crippen molar-refractivity contribution in [2.45, 2.75) is 45.6 Å². The maximum absolute atomic E-state index is 5.60. The largest absolute Gasteiger partial charge is 0.271 e. The van der Waals surface area contributed by atoms with Crippen LogP contribution < -0.4 is 11.3 Å². The molecule has 1 unspecified atom stereocenters. The van der Waals surface area contributed by atoms with Crippen molar-refractivity contribution >= 4 is 11.3 Å². The Morgan fingerprint density at radius 2 is 2.13 bits per heavy atom. The second kappa shape index (κ2) is 6.99. The molecule has 15 heavy (non-hydrogen) atoms. The van der Waals surface area contributed by atoms with Crippen molar-refractivity contribution in [3.63, 3.8) is 0 Å².